The Hall–Kier alpha value is -1.49. The molecule has 1 saturated heterocycles. The molecule has 1 aliphatic rings. The van der Waals surface area contributed by atoms with Crippen LogP contribution < -0.4 is 0 Å². The Morgan fingerprint density at radius 3 is 2.80 bits per heavy atom. The van der Waals surface area contributed by atoms with E-state index in [9.17, 15) is 8.42 Å². The van der Waals surface area contributed by atoms with Crippen molar-refractivity contribution in [3.8, 4) is 6.07 Å². The highest BCUT2D eigenvalue weighted by Crippen LogP contribution is 2.19. The second kappa shape index (κ2) is 5.87. The molecule has 0 radical (unpaired) electrons. The lowest BCUT2D eigenvalue weighted by Crippen LogP contribution is -2.39. The first-order chi connectivity index (χ1) is 9.45. The van der Waals surface area contributed by atoms with Gasteiger partial charge in [-0.05, 0) is 38.6 Å². The van der Waals surface area contributed by atoms with Crippen LogP contribution in [0, 0.1) is 11.3 Å². The van der Waals surface area contributed by atoms with E-state index in [-0.39, 0.29) is 16.6 Å². The second-order valence-corrected chi connectivity index (χ2v) is 7.10. The summed E-state index contributed by atoms with van der Waals surface area (Å²) in [6.45, 7) is 1.48. The van der Waals surface area contributed by atoms with E-state index in [1.165, 1.54) is 22.6 Å². The number of aromatic nitrogens is 1. The van der Waals surface area contributed by atoms with Crippen molar-refractivity contribution in [2.24, 2.45) is 0 Å². The Kier molecular flexibility index (Phi) is 4.38. The van der Waals surface area contributed by atoms with Gasteiger partial charge in [-0.25, -0.2) is 13.4 Å². The molecule has 0 N–H and O–H groups in total. The van der Waals surface area contributed by atoms with Gasteiger partial charge in [0, 0.05) is 25.8 Å². The fraction of sp³-hybridized carbons (Fsp3) is 0.538. The third-order valence-electron chi connectivity index (χ3n) is 3.70. The fourth-order valence-electron chi connectivity index (χ4n) is 2.38. The van der Waals surface area contributed by atoms with Crippen molar-refractivity contribution in [1.82, 2.24) is 14.2 Å². The number of rotatable bonds is 4. The van der Waals surface area contributed by atoms with Crippen molar-refractivity contribution in [3.63, 3.8) is 0 Å². The Bertz CT molecular complexity index is 606. The van der Waals surface area contributed by atoms with Crippen molar-refractivity contribution in [1.29, 1.82) is 5.26 Å². The molecule has 1 unspecified atom stereocenters. The largest absolute Gasteiger partial charge is 0.302 e. The average Bonchev–Trinajstić information content (AvgIpc) is 2.84. The molecule has 0 spiro atoms. The SMILES string of the molecule is CN1CCCC1CN(C)S(=O)(=O)c1ccc(C#N)nc1. The number of likely N-dealkylation sites (tertiary alicyclic amines) is 1. The van der Waals surface area contributed by atoms with Crippen LogP contribution in [0.3, 0.4) is 0 Å². The molecule has 0 aliphatic carbocycles. The standard InChI is InChI=1S/C13H18N4O2S/c1-16-7-3-4-12(16)10-17(2)20(18,19)13-6-5-11(8-14)15-9-13/h5-6,9,12H,3-4,7,10H2,1-2H3. The number of likely N-dealkylation sites (N-methyl/N-ethyl adjacent to an activating group) is 2. The monoisotopic (exact) mass is 294 g/mol. The summed E-state index contributed by atoms with van der Waals surface area (Å²) in [7, 11) is 0.0582. The van der Waals surface area contributed by atoms with Crippen LogP contribution >= 0.6 is 0 Å². The molecule has 2 heterocycles. The van der Waals surface area contributed by atoms with E-state index < -0.39 is 10.0 Å². The summed E-state index contributed by atoms with van der Waals surface area (Å²) < 4.78 is 26.2. The van der Waals surface area contributed by atoms with E-state index in [1.54, 1.807) is 7.05 Å². The summed E-state index contributed by atoms with van der Waals surface area (Å²) in [5, 5.41) is 8.68. The molecule has 1 aliphatic heterocycles. The zero-order chi connectivity index (χ0) is 14.8. The van der Waals surface area contributed by atoms with Gasteiger partial charge >= 0.3 is 0 Å². The van der Waals surface area contributed by atoms with Crippen LogP contribution in [0.25, 0.3) is 0 Å². The summed E-state index contributed by atoms with van der Waals surface area (Å²) in [6, 6.07) is 4.98. The van der Waals surface area contributed by atoms with Crippen LogP contribution in [0.15, 0.2) is 23.2 Å². The number of hydrogen-bond donors (Lipinski definition) is 0. The molecular weight excluding hydrogens is 276 g/mol. The van der Waals surface area contributed by atoms with Gasteiger partial charge in [0.15, 0.2) is 0 Å². The van der Waals surface area contributed by atoms with Gasteiger partial charge in [0.25, 0.3) is 0 Å². The smallest absolute Gasteiger partial charge is 0.244 e. The lowest BCUT2D eigenvalue weighted by Gasteiger charge is -2.25. The van der Waals surface area contributed by atoms with Gasteiger partial charge in [0.2, 0.25) is 10.0 Å². The van der Waals surface area contributed by atoms with Gasteiger partial charge < -0.3 is 4.90 Å². The maximum Gasteiger partial charge on any atom is 0.244 e. The number of pyridine rings is 1. The lowest BCUT2D eigenvalue weighted by atomic mass is 10.2. The minimum absolute atomic E-state index is 0.125. The lowest BCUT2D eigenvalue weighted by molar-refractivity contribution is 0.271. The summed E-state index contributed by atoms with van der Waals surface area (Å²) >= 11 is 0. The summed E-state index contributed by atoms with van der Waals surface area (Å²) in [5.74, 6) is 0. The molecule has 0 amide bonds. The zero-order valence-corrected chi connectivity index (χ0v) is 12.5. The second-order valence-electron chi connectivity index (χ2n) is 5.05. The maximum atomic E-state index is 12.4. The predicted octanol–water partition coefficient (Wildman–Crippen LogP) is 0.668. The molecule has 6 nitrogen and oxygen atoms in total. The van der Waals surface area contributed by atoms with Gasteiger partial charge in [-0.15, -0.1) is 0 Å². The third-order valence-corrected chi connectivity index (χ3v) is 5.51. The van der Waals surface area contributed by atoms with Gasteiger partial charge in [-0.2, -0.15) is 9.57 Å². The summed E-state index contributed by atoms with van der Waals surface area (Å²) in [5.41, 5.74) is 0.210. The van der Waals surface area contributed by atoms with Gasteiger partial charge in [0.1, 0.15) is 16.7 Å². The first kappa shape index (κ1) is 14.9. The quantitative estimate of drug-likeness (QED) is 0.815. The minimum atomic E-state index is -3.54. The molecule has 0 saturated carbocycles. The van der Waals surface area contributed by atoms with Crippen LogP contribution in [-0.2, 0) is 10.0 Å². The number of hydrogen-bond acceptors (Lipinski definition) is 5. The highest BCUT2D eigenvalue weighted by atomic mass is 32.2. The van der Waals surface area contributed by atoms with E-state index in [4.69, 9.17) is 5.26 Å². The molecule has 2 rings (SSSR count). The van der Waals surface area contributed by atoms with Gasteiger partial charge in [-0.3, -0.25) is 0 Å². The molecular formula is C13H18N4O2S. The predicted molar refractivity (Wildman–Crippen MR) is 74.4 cm³/mol. The molecule has 0 aromatic carbocycles. The van der Waals surface area contributed by atoms with Gasteiger partial charge in [0.05, 0.1) is 0 Å². The Balaban J connectivity index is 2.14. The highest BCUT2D eigenvalue weighted by Gasteiger charge is 2.28. The molecule has 0 bridgehead atoms. The van der Waals surface area contributed by atoms with E-state index in [0.717, 1.165) is 19.4 Å². The Morgan fingerprint density at radius 2 is 2.30 bits per heavy atom. The first-order valence-corrected chi connectivity index (χ1v) is 7.92. The molecule has 1 fully saturated rings. The molecule has 108 valence electrons. The van der Waals surface area contributed by atoms with Crippen molar-refractivity contribution >= 4 is 10.0 Å². The van der Waals surface area contributed by atoms with Crippen molar-refractivity contribution in [3.05, 3.63) is 24.0 Å². The topological polar surface area (TPSA) is 77.3 Å². The minimum Gasteiger partial charge on any atom is -0.302 e. The molecule has 1 aromatic heterocycles. The number of sulfonamides is 1. The number of nitrogens with zero attached hydrogens (tertiary/aromatic N) is 4. The van der Waals surface area contributed by atoms with E-state index in [1.807, 2.05) is 13.1 Å². The van der Waals surface area contributed by atoms with Crippen LogP contribution in [0.2, 0.25) is 0 Å². The molecule has 7 heteroatoms. The molecule has 20 heavy (non-hydrogen) atoms. The van der Waals surface area contributed by atoms with Gasteiger partial charge in [-0.1, -0.05) is 0 Å². The van der Waals surface area contributed by atoms with Crippen LogP contribution in [0.1, 0.15) is 18.5 Å². The van der Waals surface area contributed by atoms with E-state index >= 15 is 0 Å². The van der Waals surface area contributed by atoms with E-state index in [0.29, 0.717) is 6.54 Å². The Labute approximate surface area is 119 Å². The third kappa shape index (κ3) is 2.98. The normalized spacial score (nSPS) is 20.2. The summed E-state index contributed by atoms with van der Waals surface area (Å²) in [6.07, 6.45) is 3.36. The van der Waals surface area contributed by atoms with E-state index in [2.05, 4.69) is 9.88 Å². The molecule has 1 atom stereocenters. The summed E-state index contributed by atoms with van der Waals surface area (Å²) in [4.78, 5) is 6.12. The van der Waals surface area contributed by atoms with Crippen molar-refractivity contribution < 1.29 is 8.42 Å². The highest BCUT2D eigenvalue weighted by molar-refractivity contribution is 7.89. The first-order valence-electron chi connectivity index (χ1n) is 6.48. The number of nitriles is 1. The maximum absolute atomic E-state index is 12.4. The van der Waals surface area contributed by atoms with Crippen molar-refractivity contribution in [2.75, 3.05) is 27.2 Å². The molecule has 1 aromatic rings. The fourth-order valence-corrected chi connectivity index (χ4v) is 3.54. The van der Waals surface area contributed by atoms with Crippen LogP contribution in [0.4, 0.5) is 0 Å². The van der Waals surface area contributed by atoms with Crippen LogP contribution in [0.5, 0.6) is 0 Å². The van der Waals surface area contributed by atoms with Crippen LogP contribution in [-0.4, -0.2) is 55.8 Å². The van der Waals surface area contributed by atoms with Crippen molar-refractivity contribution in [2.45, 2.75) is 23.8 Å². The zero-order valence-electron chi connectivity index (χ0n) is 11.7. The Morgan fingerprint density at radius 1 is 1.55 bits per heavy atom. The average molecular weight is 294 g/mol.